The molecule has 2 rings (SSSR count). The molecule has 0 fully saturated rings. The summed E-state index contributed by atoms with van der Waals surface area (Å²) >= 11 is 3.49. The summed E-state index contributed by atoms with van der Waals surface area (Å²) in [4.78, 5) is 0. The number of rotatable bonds is 1. The average molecular weight is 237 g/mol. The summed E-state index contributed by atoms with van der Waals surface area (Å²) < 4.78 is 1.08. The second kappa shape index (κ2) is 3.34. The number of aromatic nitrogens is 2. The van der Waals surface area contributed by atoms with Crippen molar-refractivity contribution in [1.29, 1.82) is 0 Å². The number of nitrogens with one attached hydrogen (secondary N) is 1. The Morgan fingerprint density at radius 1 is 1.31 bits per heavy atom. The largest absolute Gasteiger partial charge is 0.278 e. The molecule has 2 aromatic rings. The van der Waals surface area contributed by atoms with Crippen molar-refractivity contribution >= 4 is 15.9 Å². The number of benzene rings is 1. The van der Waals surface area contributed by atoms with Crippen LogP contribution in [0.5, 0.6) is 0 Å². The van der Waals surface area contributed by atoms with Gasteiger partial charge >= 0.3 is 0 Å². The SMILES string of the molecule is Cc1cc(-c2ccccc2Br)[nH]n1. The molecule has 3 heteroatoms. The first-order valence-corrected chi connectivity index (χ1v) is 4.83. The second-order valence-electron chi connectivity index (χ2n) is 2.90. The van der Waals surface area contributed by atoms with Gasteiger partial charge in [-0.1, -0.05) is 34.1 Å². The number of aromatic amines is 1. The third-order valence-electron chi connectivity index (χ3n) is 1.87. The molecule has 66 valence electrons. The van der Waals surface area contributed by atoms with Gasteiger partial charge in [0.2, 0.25) is 0 Å². The van der Waals surface area contributed by atoms with Crippen LogP contribution in [0.15, 0.2) is 34.8 Å². The van der Waals surface area contributed by atoms with E-state index in [0.717, 1.165) is 21.4 Å². The van der Waals surface area contributed by atoms with Crippen molar-refractivity contribution in [2.24, 2.45) is 0 Å². The first-order valence-electron chi connectivity index (χ1n) is 4.04. The zero-order chi connectivity index (χ0) is 9.26. The number of nitrogens with zero attached hydrogens (tertiary/aromatic N) is 1. The first-order chi connectivity index (χ1) is 6.27. The highest BCUT2D eigenvalue weighted by molar-refractivity contribution is 9.10. The number of halogens is 1. The molecule has 1 aromatic carbocycles. The molecule has 0 spiro atoms. The van der Waals surface area contributed by atoms with Crippen LogP contribution in [0.4, 0.5) is 0 Å². The summed E-state index contributed by atoms with van der Waals surface area (Å²) in [7, 11) is 0. The standard InChI is InChI=1S/C10H9BrN2/c1-7-6-10(13-12-7)8-4-2-3-5-9(8)11/h2-6H,1H3,(H,12,13). The summed E-state index contributed by atoms with van der Waals surface area (Å²) in [5.74, 6) is 0. The van der Waals surface area contributed by atoms with Gasteiger partial charge in [0.1, 0.15) is 0 Å². The molecule has 0 aliphatic rings. The first kappa shape index (κ1) is 8.51. The molecule has 0 amide bonds. The summed E-state index contributed by atoms with van der Waals surface area (Å²) in [6.45, 7) is 1.97. The fraction of sp³-hybridized carbons (Fsp3) is 0.100. The van der Waals surface area contributed by atoms with Gasteiger partial charge in [-0.3, -0.25) is 5.10 Å². The minimum atomic E-state index is 1.01. The van der Waals surface area contributed by atoms with Crippen molar-refractivity contribution in [3.05, 3.63) is 40.5 Å². The minimum Gasteiger partial charge on any atom is -0.278 e. The second-order valence-corrected chi connectivity index (χ2v) is 3.76. The Labute approximate surface area is 85.1 Å². The van der Waals surface area contributed by atoms with Crippen LogP contribution in [0.2, 0.25) is 0 Å². The van der Waals surface area contributed by atoms with Crippen molar-refractivity contribution < 1.29 is 0 Å². The lowest BCUT2D eigenvalue weighted by atomic mass is 10.1. The lowest BCUT2D eigenvalue weighted by Gasteiger charge is -1.98. The van der Waals surface area contributed by atoms with E-state index < -0.39 is 0 Å². The third-order valence-corrected chi connectivity index (χ3v) is 2.56. The summed E-state index contributed by atoms with van der Waals surface area (Å²) in [5.41, 5.74) is 3.19. The molecule has 0 unspecified atom stereocenters. The van der Waals surface area contributed by atoms with Crippen LogP contribution >= 0.6 is 15.9 Å². The molecule has 2 nitrogen and oxygen atoms in total. The van der Waals surface area contributed by atoms with E-state index in [9.17, 15) is 0 Å². The van der Waals surface area contributed by atoms with Crippen molar-refractivity contribution in [2.75, 3.05) is 0 Å². The maximum atomic E-state index is 4.09. The Morgan fingerprint density at radius 2 is 2.08 bits per heavy atom. The predicted molar refractivity (Wildman–Crippen MR) is 56.5 cm³/mol. The molecule has 1 aromatic heterocycles. The van der Waals surface area contributed by atoms with Gasteiger partial charge in [-0.25, -0.2) is 0 Å². The van der Waals surface area contributed by atoms with Gasteiger partial charge in [0, 0.05) is 10.0 Å². The van der Waals surface area contributed by atoms with Crippen LogP contribution in [0.25, 0.3) is 11.3 Å². The average Bonchev–Trinajstić information content (AvgIpc) is 2.53. The van der Waals surface area contributed by atoms with Gasteiger partial charge in [-0.15, -0.1) is 0 Å². The van der Waals surface area contributed by atoms with Crippen LogP contribution in [0.1, 0.15) is 5.69 Å². The van der Waals surface area contributed by atoms with Crippen LogP contribution < -0.4 is 0 Å². The zero-order valence-corrected chi connectivity index (χ0v) is 8.80. The number of hydrogen-bond donors (Lipinski definition) is 1. The lowest BCUT2D eigenvalue weighted by Crippen LogP contribution is -1.78. The van der Waals surface area contributed by atoms with E-state index in [-0.39, 0.29) is 0 Å². The monoisotopic (exact) mass is 236 g/mol. The summed E-state index contributed by atoms with van der Waals surface area (Å²) in [5, 5.41) is 7.07. The molecule has 0 saturated heterocycles. The van der Waals surface area contributed by atoms with E-state index in [4.69, 9.17) is 0 Å². The Balaban J connectivity index is 2.52. The molecule has 0 bridgehead atoms. The molecule has 0 aliphatic heterocycles. The van der Waals surface area contributed by atoms with Crippen LogP contribution in [0, 0.1) is 6.92 Å². The highest BCUT2D eigenvalue weighted by Crippen LogP contribution is 2.26. The Bertz CT molecular complexity index is 420. The molecule has 0 aliphatic carbocycles. The quantitative estimate of drug-likeness (QED) is 0.810. The van der Waals surface area contributed by atoms with Crippen molar-refractivity contribution in [2.45, 2.75) is 6.92 Å². The lowest BCUT2D eigenvalue weighted by molar-refractivity contribution is 1.05. The molecule has 0 saturated carbocycles. The van der Waals surface area contributed by atoms with E-state index in [1.54, 1.807) is 0 Å². The fourth-order valence-electron chi connectivity index (χ4n) is 1.24. The van der Waals surface area contributed by atoms with E-state index in [1.165, 1.54) is 0 Å². The van der Waals surface area contributed by atoms with Crippen molar-refractivity contribution in [1.82, 2.24) is 10.2 Å². The van der Waals surface area contributed by atoms with Crippen molar-refractivity contribution in [3.8, 4) is 11.3 Å². The normalized spacial score (nSPS) is 10.3. The van der Waals surface area contributed by atoms with Crippen LogP contribution in [-0.4, -0.2) is 10.2 Å². The van der Waals surface area contributed by atoms with Gasteiger partial charge < -0.3 is 0 Å². The molecular formula is C10H9BrN2. The Hall–Kier alpha value is -1.09. The molecule has 1 heterocycles. The smallest absolute Gasteiger partial charge is 0.0664 e. The maximum Gasteiger partial charge on any atom is 0.0664 e. The summed E-state index contributed by atoms with van der Waals surface area (Å²) in [6, 6.07) is 10.1. The highest BCUT2D eigenvalue weighted by Gasteiger charge is 2.03. The van der Waals surface area contributed by atoms with Gasteiger partial charge in [0.05, 0.1) is 11.4 Å². The van der Waals surface area contributed by atoms with Gasteiger partial charge in [-0.05, 0) is 19.1 Å². The van der Waals surface area contributed by atoms with Crippen molar-refractivity contribution in [3.63, 3.8) is 0 Å². The van der Waals surface area contributed by atoms with E-state index in [2.05, 4.69) is 32.2 Å². The molecule has 0 atom stereocenters. The van der Waals surface area contributed by atoms with Crippen LogP contribution in [-0.2, 0) is 0 Å². The molecule has 0 radical (unpaired) electrons. The molecular weight excluding hydrogens is 228 g/mol. The predicted octanol–water partition coefficient (Wildman–Crippen LogP) is 3.15. The molecule has 1 N–H and O–H groups in total. The minimum absolute atomic E-state index is 1.01. The Morgan fingerprint density at radius 3 is 2.69 bits per heavy atom. The maximum absolute atomic E-state index is 4.09. The van der Waals surface area contributed by atoms with E-state index in [1.807, 2.05) is 31.2 Å². The van der Waals surface area contributed by atoms with Gasteiger partial charge in [-0.2, -0.15) is 5.10 Å². The number of aryl methyl sites for hydroxylation is 1. The zero-order valence-electron chi connectivity index (χ0n) is 7.21. The summed E-state index contributed by atoms with van der Waals surface area (Å²) in [6.07, 6.45) is 0. The van der Waals surface area contributed by atoms with Gasteiger partial charge in [0.25, 0.3) is 0 Å². The number of hydrogen-bond acceptors (Lipinski definition) is 1. The third kappa shape index (κ3) is 1.65. The van der Waals surface area contributed by atoms with Crippen LogP contribution in [0.3, 0.4) is 0 Å². The highest BCUT2D eigenvalue weighted by atomic mass is 79.9. The van der Waals surface area contributed by atoms with Gasteiger partial charge in [0.15, 0.2) is 0 Å². The van der Waals surface area contributed by atoms with E-state index in [0.29, 0.717) is 0 Å². The molecule has 13 heavy (non-hydrogen) atoms. The fourth-order valence-corrected chi connectivity index (χ4v) is 1.74. The van der Waals surface area contributed by atoms with E-state index >= 15 is 0 Å². The Kier molecular flexibility index (Phi) is 2.19. The number of H-pyrrole nitrogens is 1. The topological polar surface area (TPSA) is 28.7 Å².